The summed E-state index contributed by atoms with van der Waals surface area (Å²) in [7, 11) is 1.71. The minimum atomic E-state index is 0.00794. The van der Waals surface area contributed by atoms with Crippen LogP contribution in [-0.2, 0) is 13.0 Å². The van der Waals surface area contributed by atoms with Crippen molar-refractivity contribution in [2.24, 2.45) is 5.92 Å². The fourth-order valence-corrected chi connectivity index (χ4v) is 3.39. The van der Waals surface area contributed by atoms with Gasteiger partial charge in [-0.05, 0) is 48.4 Å². The van der Waals surface area contributed by atoms with Crippen molar-refractivity contribution in [2.45, 2.75) is 25.8 Å². The average Bonchev–Trinajstić information content (AvgIpc) is 2.67. The molecule has 0 unspecified atom stereocenters. The average molecular weight is 339 g/mol. The normalized spacial score (nSPS) is 17.2. The quantitative estimate of drug-likeness (QED) is 0.910. The molecule has 1 fully saturated rings. The molecular formula is C20H25N3O2. The van der Waals surface area contributed by atoms with E-state index >= 15 is 0 Å². The number of carbonyl (C=O) groups is 1. The highest BCUT2D eigenvalue weighted by atomic mass is 16.5. The molecule has 1 aromatic carbocycles. The number of pyridine rings is 1. The summed E-state index contributed by atoms with van der Waals surface area (Å²) >= 11 is 0. The van der Waals surface area contributed by atoms with Crippen molar-refractivity contribution >= 4 is 6.03 Å². The van der Waals surface area contributed by atoms with Crippen LogP contribution in [0.1, 0.15) is 24.0 Å². The van der Waals surface area contributed by atoms with Gasteiger partial charge in [-0.2, -0.15) is 0 Å². The Bertz CT molecular complexity index is 690. The molecule has 3 rings (SSSR count). The lowest BCUT2D eigenvalue weighted by Crippen LogP contribution is -2.45. The number of hydrogen-bond donors (Lipinski definition) is 1. The number of carbonyl (C=O) groups excluding carboxylic acids is 1. The first kappa shape index (κ1) is 17.3. The van der Waals surface area contributed by atoms with Crippen molar-refractivity contribution in [1.29, 1.82) is 0 Å². The molecule has 5 nitrogen and oxygen atoms in total. The molecule has 5 heteroatoms. The van der Waals surface area contributed by atoms with Crippen molar-refractivity contribution in [3.63, 3.8) is 0 Å². The number of methoxy groups -OCH3 is 1. The number of para-hydroxylation sites is 1. The zero-order chi connectivity index (χ0) is 17.5. The Hall–Kier alpha value is -2.56. The third kappa shape index (κ3) is 4.72. The summed E-state index contributed by atoms with van der Waals surface area (Å²) in [5.74, 6) is 1.40. The minimum Gasteiger partial charge on any atom is -0.496 e. The summed E-state index contributed by atoms with van der Waals surface area (Å²) in [5.41, 5.74) is 2.23. The minimum absolute atomic E-state index is 0.00794. The molecule has 0 saturated carbocycles. The Morgan fingerprint density at radius 2 is 2.20 bits per heavy atom. The van der Waals surface area contributed by atoms with Crippen LogP contribution in [-0.4, -0.2) is 36.1 Å². The highest BCUT2D eigenvalue weighted by molar-refractivity contribution is 5.74. The lowest BCUT2D eigenvalue weighted by atomic mass is 9.91. The molecule has 2 aromatic rings. The van der Waals surface area contributed by atoms with Gasteiger partial charge >= 0.3 is 6.03 Å². The Labute approximate surface area is 149 Å². The van der Waals surface area contributed by atoms with Crippen molar-refractivity contribution < 1.29 is 9.53 Å². The molecule has 1 aliphatic heterocycles. The molecule has 1 aliphatic rings. The summed E-state index contributed by atoms with van der Waals surface area (Å²) in [6.07, 6.45) is 6.64. The van der Waals surface area contributed by atoms with Gasteiger partial charge in [0.1, 0.15) is 5.75 Å². The van der Waals surface area contributed by atoms with Crippen LogP contribution in [0.2, 0.25) is 0 Å². The second-order valence-electron chi connectivity index (χ2n) is 6.49. The van der Waals surface area contributed by atoms with Crippen LogP contribution in [0, 0.1) is 5.92 Å². The predicted octanol–water partition coefficient (Wildman–Crippen LogP) is 3.25. The van der Waals surface area contributed by atoms with E-state index in [2.05, 4.69) is 16.4 Å². The Morgan fingerprint density at radius 3 is 3.00 bits per heavy atom. The standard InChI is InChI=1S/C20H25N3O2/c1-25-19-9-3-2-8-18(19)12-16-7-5-11-23(15-16)20(24)22-14-17-6-4-10-21-13-17/h2-4,6,8-10,13,16H,5,7,11-12,14-15H2,1H3,(H,22,24)/t16-/m0/s1. The molecule has 0 radical (unpaired) electrons. The number of likely N-dealkylation sites (tertiary alicyclic amines) is 1. The number of ether oxygens (including phenoxy) is 1. The fourth-order valence-electron chi connectivity index (χ4n) is 3.39. The molecule has 2 heterocycles. The first-order valence-electron chi connectivity index (χ1n) is 8.80. The van der Waals surface area contributed by atoms with Crippen molar-refractivity contribution in [2.75, 3.05) is 20.2 Å². The molecule has 2 amide bonds. The molecule has 0 bridgehead atoms. The predicted molar refractivity (Wildman–Crippen MR) is 97.5 cm³/mol. The second-order valence-corrected chi connectivity index (χ2v) is 6.49. The Balaban J connectivity index is 1.54. The van der Waals surface area contributed by atoms with E-state index in [9.17, 15) is 4.79 Å². The van der Waals surface area contributed by atoms with Gasteiger partial charge in [0.2, 0.25) is 0 Å². The maximum Gasteiger partial charge on any atom is 0.317 e. The molecule has 1 saturated heterocycles. The Kier molecular flexibility index (Phi) is 5.88. The third-order valence-corrected chi connectivity index (χ3v) is 4.67. The summed E-state index contributed by atoms with van der Waals surface area (Å²) in [6, 6.07) is 12.0. The van der Waals surface area contributed by atoms with Gasteiger partial charge in [-0.1, -0.05) is 24.3 Å². The molecule has 25 heavy (non-hydrogen) atoms. The highest BCUT2D eigenvalue weighted by Crippen LogP contribution is 2.26. The SMILES string of the molecule is COc1ccccc1C[C@@H]1CCCN(C(=O)NCc2cccnc2)C1. The zero-order valence-corrected chi connectivity index (χ0v) is 14.6. The van der Waals surface area contributed by atoms with Crippen molar-refractivity contribution in [1.82, 2.24) is 15.2 Å². The van der Waals surface area contributed by atoms with Crippen LogP contribution in [0.4, 0.5) is 4.79 Å². The number of urea groups is 1. The van der Waals surface area contributed by atoms with E-state index in [1.807, 2.05) is 35.2 Å². The summed E-state index contributed by atoms with van der Waals surface area (Å²) in [6.45, 7) is 2.12. The van der Waals surface area contributed by atoms with Crippen molar-refractivity contribution in [3.8, 4) is 5.75 Å². The van der Waals surface area contributed by atoms with Crippen LogP contribution < -0.4 is 10.1 Å². The molecule has 1 atom stereocenters. The zero-order valence-electron chi connectivity index (χ0n) is 14.6. The van der Waals surface area contributed by atoms with Crippen LogP contribution in [0.25, 0.3) is 0 Å². The van der Waals surface area contributed by atoms with Gasteiger partial charge in [-0.25, -0.2) is 4.79 Å². The maximum atomic E-state index is 12.5. The molecule has 0 spiro atoms. The number of hydrogen-bond acceptors (Lipinski definition) is 3. The Morgan fingerprint density at radius 1 is 1.32 bits per heavy atom. The van der Waals surface area contributed by atoms with E-state index in [0.29, 0.717) is 12.5 Å². The van der Waals surface area contributed by atoms with E-state index in [1.165, 1.54) is 5.56 Å². The van der Waals surface area contributed by atoms with Gasteiger partial charge < -0.3 is 15.0 Å². The molecule has 0 aliphatic carbocycles. The fraction of sp³-hybridized carbons (Fsp3) is 0.400. The van der Waals surface area contributed by atoms with E-state index in [-0.39, 0.29) is 6.03 Å². The number of nitrogens with one attached hydrogen (secondary N) is 1. The number of aromatic nitrogens is 1. The molecule has 132 valence electrons. The number of benzene rings is 1. The number of rotatable bonds is 5. The van der Waals surface area contributed by atoms with Crippen LogP contribution in [0.15, 0.2) is 48.8 Å². The van der Waals surface area contributed by atoms with Gasteiger partial charge in [0.05, 0.1) is 7.11 Å². The molecule has 1 N–H and O–H groups in total. The van der Waals surface area contributed by atoms with Gasteiger partial charge in [-0.15, -0.1) is 0 Å². The van der Waals surface area contributed by atoms with Gasteiger partial charge in [0.15, 0.2) is 0 Å². The maximum absolute atomic E-state index is 12.5. The number of piperidine rings is 1. The number of nitrogens with zero attached hydrogens (tertiary/aromatic N) is 2. The largest absolute Gasteiger partial charge is 0.496 e. The van der Waals surface area contributed by atoms with Crippen LogP contribution in [0.5, 0.6) is 5.75 Å². The smallest absolute Gasteiger partial charge is 0.317 e. The topological polar surface area (TPSA) is 54.5 Å². The summed E-state index contributed by atoms with van der Waals surface area (Å²) < 4.78 is 5.45. The van der Waals surface area contributed by atoms with Crippen LogP contribution in [0.3, 0.4) is 0 Å². The summed E-state index contributed by atoms with van der Waals surface area (Å²) in [5, 5.41) is 3.00. The molecular weight excluding hydrogens is 314 g/mol. The monoisotopic (exact) mass is 339 g/mol. The van der Waals surface area contributed by atoms with E-state index < -0.39 is 0 Å². The lowest BCUT2D eigenvalue weighted by molar-refractivity contribution is 0.164. The van der Waals surface area contributed by atoms with E-state index in [1.54, 1.807) is 19.5 Å². The van der Waals surface area contributed by atoms with Crippen molar-refractivity contribution in [3.05, 3.63) is 59.9 Å². The van der Waals surface area contributed by atoms with Gasteiger partial charge in [-0.3, -0.25) is 4.98 Å². The third-order valence-electron chi connectivity index (χ3n) is 4.67. The molecule has 1 aromatic heterocycles. The van der Waals surface area contributed by atoms with E-state index in [0.717, 1.165) is 43.7 Å². The highest BCUT2D eigenvalue weighted by Gasteiger charge is 2.24. The van der Waals surface area contributed by atoms with Gasteiger partial charge in [0.25, 0.3) is 0 Å². The second kappa shape index (κ2) is 8.51. The lowest BCUT2D eigenvalue weighted by Gasteiger charge is -2.33. The van der Waals surface area contributed by atoms with E-state index in [4.69, 9.17) is 4.74 Å². The first-order chi connectivity index (χ1) is 12.3. The van der Waals surface area contributed by atoms with Gasteiger partial charge in [0, 0.05) is 32.0 Å². The first-order valence-corrected chi connectivity index (χ1v) is 8.80. The number of amides is 2. The summed E-state index contributed by atoms with van der Waals surface area (Å²) in [4.78, 5) is 18.5. The van der Waals surface area contributed by atoms with Crippen LogP contribution >= 0.6 is 0 Å².